The van der Waals surface area contributed by atoms with Crippen LogP contribution in [0.2, 0.25) is 0 Å². The maximum Gasteiger partial charge on any atom is 0.315 e. The molecule has 0 aliphatic heterocycles. The molecule has 22 heavy (non-hydrogen) atoms. The predicted molar refractivity (Wildman–Crippen MR) is 78.8 cm³/mol. The van der Waals surface area contributed by atoms with Crippen molar-refractivity contribution in [2.45, 2.75) is 38.8 Å². The van der Waals surface area contributed by atoms with Gasteiger partial charge in [0.05, 0.1) is 12.1 Å². The Labute approximate surface area is 128 Å². The molecule has 124 valence electrons. The zero-order valence-corrected chi connectivity index (χ0v) is 12.7. The monoisotopic (exact) mass is 316 g/mol. The summed E-state index contributed by atoms with van der Waals surface area (Å²) < 4.78 is 31.3. The molecular formula is C15H22F2N2O3. The number of aliphatic hydroxyl groups is 1. The van der Waals surface area contributed by atoms with E-state index in [4.69, 9.17) is 4.74 Å². The van der Waals surface area contributed by atoms with Gasteiger partial charge in [-0.3, -0.25) is 0 Å². The lowest BCUT2D eigenvalue weighted by atomic mass is 10.2. The number of ether oxygens (including phenoxy) is 1. The van der Waals surface area contributed by atoms with Gasteiger partial charge < -0.3 is 20.5 Å². The van der Waals surface area contributed by atoms with Crippen LogP contribution in [0.5, 0.6) is 5.75 Å². The highest BCUT2D eigenvalue weighted by molar-refractivity contribution is 5.74. The highest BCUT2D eigenvalue weighted by Crippen LogP contribution is 2.17. The first kappa shape index (κ1) is 18.2. The number of halogens is 2. The van der Waals surface area contributed by atoms with E-state index in [9.17, 15) is 18.7 Å². The van der Waals surface area contributed by atoms with Gasteiger partial charge in [0.15, 0.2) is 11.6 Å². The lowest BCUT2D eigenvalue weighted by Gasteiger charge is -2.16. The molecule has 5 nitrogen and oxygen atoms in total. The molecule has 2 atom stereocenters. The quantitative estimate of drug-likeness (QED) is 0.688. The Kier molecular flexibility index (Phi) is 7.59. The predicted octanol–water partition coefficient (Wildman–Crippen LogP) is 2.19. The van der Waals surface area contributed by atoms with Crippen LogP contribution in [0.3, 0.4) is 0 Å². The molecule has 0 aliphatic rings. The summed E-state index contributed by atoms with van der Waals surface area (Å²) in [6.07, 6.45) is 0.689. The Balaban J connectivity index is 2.27. The molecule has 3 N–H and O–H groups in total. The van der Waals surface area contributed by atoms with E-state index in [2.05, 4.69) is 10.6 Å². The minimum absolute atomic E-state index is 0.0492. The largest absolute Gasteiger partial charge is 0.488 e. The number of rotatable bonds is 8. The minimum atomic E-state index is -0.787. The van der Waals surface area contributed by atoms with E-state index in [0.717, 1.165) is 12.1 Å². The van der Waals surface area contributed by atoms with Crippen LogP contribution in [0.1, 0.15) is 26.7 Å². The second kappa shape index (κ2) is 9.19. The third-order valence-corrected chi connectivity index (χ3v) is 2.99. The number of carbonyl (C=O) groups is 1. The van der Waals surface area contributed by atoms with Gasteiger partial charge in [-0.1, -0.05) is 6.92 Å². The lowest BCUT2D eigenvalue weighted by molar-refractivity contribution is 0.159. The van der Waals surface area contributed by atoms with Gasteiger partial charge in [0.2, 0.25) is 0 Å². The molecule has 0 saturated carbocycles. The van der Waals surface area contributed by atoms with Crippen molar-refractivity contribution in [3.8, 4) is 5.75 Å². The molecule has 7 heteroatoms. The van der Waals surface area contributed by atoms with E-state index >= 15 is 0 Å². The third kappa shape index (κ3) is 6.71. The van der Waals surface area contributed by atoms with Crippen LogP contribution in [-0.4, -0.2) is 36.4 Å². The van der Waals surface area contributed by atoms with Crippen molar-refractivity contribution in [2.75, 3.05) is 13.2 Å². The van der Waals surface area contributed by atoms with Crippen molar-refractivity contribution in [3.63, 3.8) is 0 Å². The summed E-state index contributed by atoms with van der Waals surface area (Å²) in [5.41, 5.74) is 0. The summed E-state index contributed by atoms with van der Waals surface area (Å²) in [6.45, 7) is 3.97. The van der Waals surface area contributed by atoms with Gasteiger partial charge in [-0.25, -0.2) is 13.6 Å². The summed E-state index contributed by atoms with van der Waals surface area (Å²) in [5.74, 6) is -1.53. The molecule has 1 rings (SSSR count). The molecule has 0 aromatic heterocycles. The van der Waals surface area contributed by atoms with Gasteiger partial charge in [-0.05, 0) is 31.9 Å². The van der Waals surface area contributed by atoms with Crippen LogP contribution in [-0.2, 0) is 0 Å². The number of benzene rings is 1. The molecule has 1 aromatic rings. The summed E-state index contributed by atoms with van der Waals surface area (Å²) >= 11 is 0. The fraction of sp³-hybridized carbons (Fsp3) is 0.533. The van der Waals surface area contributed by atoms with Crippen molar-refractivity contribution >= 4 is 6.03 Å². The topological polar surface area (TPSA) is 70.6 Å². The van der Waals surface area contributed by atoms with Crippen molar-refractivity contribution in [1.29, 1.82) is 0 Å². The van der Waals surface area contributed by atoms with Gasteiger partial charge >= 0.3 is 6.03 Å². The molecule has 0 fully saturated rings. The zero-order valence-electron chi connectivity index (χ0n) is 12.7. The number of hydrogen-bond donors (Lipinski definition) is 3. The Morgan fingerprint density at radius 1 is 1.41 bits per heavy atom. The molecule has 2 amide bonds. The number of aliphatic hydroxyl groups excluding tert-OH is 1. The Hall–Kier alpha value is -1.89. The Morgan fingerprint density at radius 3 is 2.77 bits per heavy atom. The molecule has 1 aromatic carbocycles. The average molecular weight is 316 g/mol. The van der Waals surface area contributed by atoms with Crippen molar-refractivity contribution in [2.24, 2.45) is 0 Å². The van der Waals surface area contributed by atoms with Gasteiger partial charge in [0.1, 0.15) is 12.4 Å². The number of amides is 2. The maximum atomic E-state index is 13.4. The van der Waals surface area contributed by atoms with Crippen LogP contribution in [0.4, 0.5) is 13.6 Å². The van der Waals surface area contributed by atoms with Crippen LogP contribution in [0, 0.1) is 11.6 Å². The first-order valence-electron chi connectivity index (χ1n) is 7.22. The van der Waals surface area contributed by atoms with Crippen LogP contribution in [0.25, 0.3) is 0 Å². The van der Waals surface area contributed by atoms with E-state index in [1.807, 2.05) is 6.92 Å². The zero-order chi connectivity index (χ0) is 16.5. The number of urea groups is 1. The van der Waals surface area contributed by atoms with Gasteiger partial charge in [-0.15, -0.1) is 0 Å². The van der Waals surface area contributed by atoms with Crippen molar-refractivity contribution < 1.29 is 23.4 Å². The van der Waals surface area contributed by atoms with Crippen LogP contribution >= 0.6 is 0 Å². The fourth-order valence-corrected chi connectivity index (χ4v) is 1.68. The SMILES string of the molecule is CCC(O)CCNC(=O)NC(C)COc1ccc(F)cc1F. The number of hydrogen-bond acceptors (Lipinski definition) is 3. The van der Waals surface area contributed by atoms with Crippen molar-refractivity contribution in [3.05, 3.63) is 29.8 Å². The summed E-state index contributed by atoms with van der Waals surface area (Å²) in [7, 11) is 0. The first-order chi connectivity index (χ1) is 10.4. The van der Waals surface area contributed by atoms with E-state index in [0.29, 0.717) is 19.4 Å². The number of carbonyl (C=O) groups excluding carboxylic acids is 1. The summed E-state index contributed by atoms with van der Waals surface area (Å²) in [6, 6.07) is 2.28. The van der Waals surface area contributed by atoms with E-state index in [1.165, 1.54) is 6.07 Å². The van der Waals surface area contributed by atoms with Gasteiger partial charge in [0, 0.05) is 12.6 Å². The minimum Gasteiger partial charge on any atom is -0.488 e. The lowest BCUT2D eigenvalue weighted by Crippen LogP contribution is -2.44. The standard InChI is InChI=1S/C15H22F2N2O3/c1-3-12(20)6-7-18-15(21)19-10(2)9-22-14-5-4-11(16)8-13(14)17/h4-5,8,10,12,20H,3,6-7,9H2,1-2H3,(H2,18,19,21). The molecule has 0 bridgehead atoms. The second-order valence-electron chi connectivity index (χ2n) is 5.04. The highest BCUT2D eigenvalue weighted by atomic mass is 19.1. The van der Waals surface area contributed by atoms with Crippen LogP contribution < -0.4 is 15.4 Å². The maximum absolute atomic E-state index is 13.4. The average Bonchev–Trinajstić information content (AvgIpc) is 2.46. The molecule has 2 unspecified atom stereocenters. The second-order valence-corrected chi connectivity index (χ2v) is 5.04. The molecule has 0 saturated heterocycles. The molecular weight excluding hydrogens is 294 g/mol. The van der Waals surface area contributed by atoms with E-state index < -0.39 is 17.7 Å². The fourth-order valence-electron chi connectivity index (χ4n) is 1.68. The van der Waals surface area contributed by atoms with Gasteiger partial charge in [0.25, 0.3) is 0 Å². The van der Waals surface area contributed by atoms with Crippen LogP contribution in [0.15, 0.2) is 18.2 Å². The number of nitrogens with one attached hydrogen (secondary N) is 2. The molecule has 0 radical (unpaired) electrons. The first-order valence-corrected chi connectivity index (χ1v) is 7.22. The summed E-state index contributed by atoms with van der Waals surface area (Å²) in [5, 5.41) is 14.6. The highest BCUT2D eigenvalue weighted by Gasteiger charge is 2.10. The van der Waals surface area contributed by atoms with E-state index in [-0.39, 0.29) is 24.4 Å². The Bertz CT molecular complexity index is 486. The Morgan fingerprint density at radius 2 is 2.14 bits per heavy atom. The third-order valence-electron chi connectivity index (χ3n) is 2.99. The smallest absolute Gasteiger partial charge is 0.315 e. The normalized spacial score (nSPS) is 13.3. The molecule has 0 aliphatic carbocycles. The molecule has 0 heterocycles. The summed E-state index contributed by atoms with van der Waals surface area (Å²) in [4.78, 5) is 11.6. The molecule has 0 spiro atoms. The van der Waals surface area contributed by atoms with E-state index in [1.54, 1.807) is 6.92 Å². The van der Waals surface area contributed by atoms with Gasteiger partial charge in [-0.2, -0.15) is 0 Å². The van der Waals surface area contributed by atoms with Crippen molar-refractivity contribution in [1.82, 2.24) is 10.6 Å².